The van der Waals surface area contributed by atoms with E-state index >= 15 is 0 Å². The molecule has 25 heavy (non-hydrogen) atoms. The number of nitrogens with zero attached hydrogens (tertiary/aromatic N) is 1. The molecule has 9 rings (SSSR count). The molecule has 3 heterocycles. The Hall–Kier alpha value is -0.460. The van der Waals surface area contributed by atoms with Crippen LogP contribution in [0, 0.1) is 34.0 Å². The van der Waals surface area contributed by atoms with Crippen LogP contribution in [0.5, 0.6) is 0 Å². The second-order valence-corrected chi connectivity index (χ2v) is 10.8. The van der Waals surface area contributed by atoms with Gasteiger partial charge in [-0.25, -0.2) is 0 Å². The topological polar surface area (TPSA) is 84.2 Å². The Morgan fingerprint density at radius 1 is 1.12 bits per heavy atom. The number of hydrogen-bond donors (Lipinski definition) is 4. The third-order valence-electron chi connectivity index (χ3n) is 10.6. The molecule has 6 saturated carbocycles. The van der Waals surface area contributed by atoms with Crippen molar-refractivity contribution in [3.63, 3.8) is 0 Å². The number of aliphatic hydroxyl groups is 4. The second-order valence-electron chi connectivity index (χ2n) is 10.8. The van der Waals surface area contributed by atoms with Crippen molar-refractivity contribution in [2.24, 2.45) is 34.0 Å². The van der Waals surface area contributed by atoms with Crippen LogP contribution in [-0.2, 0) is 0 Å². The summed E-state index contributed by atoms with van der Waals surface area (Å²) in [5, 5.41) is 45.1. The van der Waals surface area contributed by atoms with Gasteiger partial charge >= 0.3 is 0 Å². The number of fused-ring (bicyclic) bond motifs is 1. The Labute approximate surface area is 147 Å². The SMILES string of the molecule is C=C1C2CC3C4N5CC6(C)C(O)C(O)CC47C6C5CC3(C1O)C7(O)C2. The molecular formula is C20H27NO4. The molecule has 0 amide bonds. The lowest BCUT2D eigenvalue weighted by Crippen LogP contribution is -2.75. The van der Waals surface area contributed by atoms with Crippen LogP contribution in [0.4, 0.5) is 0 Å². The van der Waals surface area contributed by atoms with Gasteiger partial charge in [0, 0.05) is 34.9 Å². The lowest BCUT2D eigenvalue weighted by molar-refractivity contribution is -0.289. The maximum Gasteiger partial charge on any atom is 0.0868 e. The highest BCUT2D eigenvalue weighted by Crippen LogP contribution is 2.88. The zero-order valence-corrected chi connectivity index (χ0v) is 14.6. The Morgan fingerprint density at radius 3 is 2.64 bits per heavy atom. The molecular weight excluding hydrogens is 318 g/mol. The summed E-state index contributed by atoms with van der Waals surface area (Å²) < 4.78 is 0. The van der Waals surface area contributed by atoms with Crippen molar-refractivity contribution < 1.29 is 20.4 Å². The summed E-state index contributed by atoms with van der Waals surface area (Å²) in [7, 11) is 0. The van der Waals surface area contributed by atoms with Crippen molar-refractivity contribution in [3.05, 3.63) is 12.2 Å². The third-order valence-corrected chi connectivity index (χ3v) is 10.6. The molecule has 13 unspecified atom stereocenters. The van der Waals surface area contributed by atoms with Crippen molar-refractivity contribution in [2.75, 3.05) is 6.54 Å². The quantitative estimate of drug-likeness (QED) is 0.460. The van der Waals surface area contributed by atoms with E-state index in [2.05, 4.69) is 18.4 Å². The molecule has 0 aromatic rings. The minimum absolute atomic E-state index is 0.194. The number of aliphatic hydroxyl groups excluding tert-OH is 3. The van der Waals surface area contributed by atoms with E-state index in [-0.39, 0.29) is 28.7 Å². The van der Waals surface area contributed by atoms with Gasteiger partial charge in [-0.15, -0.1) is 0 Å². The van der Waals surface area contributed by atoms with Gasteiger partial charge in [-0.2, -0.15) is 0 Å². The van der Waals surface area contributed by atoms with Crippen molar-refractivity contribution in [1.29, 1.82) is 0 Å². The Bertz CT molecular complexity index is 756. The summed E-state index contributed by atoms with van der Waals surface area (Å²) in [5.41, 5.74) is -1.20. The average Bonchev–Trinajstić information content (AvgIpc) is 2.97. The van der Waals surface area contributed by atoms with Crippen LogP contribution in [0.1, 0.15) is 32.6 Å². The molecule has 0 radical (unpaired) electrons. The van der Waals surface area contributed by atoms with E-state index in [0.717, 1.165) is 25.0 Å². The number of piperidine rings is 2. The van der Waals surface area contributed by atoms with Gasteiger partial charge < -0.3 is 20.4 Å². The van der Waals surface area contributed by atoms with Crippen molar-refractivity contribution in [2.45, 2.75) is 68.6 Å². The largest absolute Gasteiger partial charge is 0.390 e. The van der Waals surface area contributed by atoms with Gasteiger partial charge in [-0.3, -0.25) is 4.90 Å². The van der Waals surface area contributed by atoms with Gasteiger partial charge in [0.1, 0.15) is 0 Å². The van der Waals surface area contributed by atoms with E-state index in [4.69, 9.17) is 0 Å². The summed E-state index contributed by atoms with van der Waals surface area (Å²) in [6.45, 7) is 7.13. The normalized spacial score (nSPS) is 76.5. The molecule has 5 nitrogen and oxygen atoms in total. The molecule has 9 fully saturated rings. The molecule has 3 saturated heterocycles. The van der Waals surface area contributed by atoms with Crippen LogP contribution in [0.3, 0.4) is 0 Å². The van der Waals surface area contributed by atoms with E-state index < -0.39 is 29.3 Å². The first-order chi connectivity index (χ1) is 11.7. The summed E-state index contributed by atoms with van der Waals surface area (Å²) >= 11 is 0. The minimum Gasteiger partial charge on any atom is -0.390 e. The van der Waals surface area contributed by atoms with E-state index in [1.807, 2.05) is 0 Å². The van der Waals surface area contributed by atoms with Gasteiger partial charge in [0.25, 0.3) is 0 Å². The van der Waals surface area contributed by atoms with E-state index in [1.54, 1.807) is 0 Å². The molecule has 0 aromatic carbocycles. The minimum atomic E-state index is -0.933. The predicted octanol–water partition coefficient (Wildman–Crippen LogP) is -0.121. The maximum absolute atomic E-state index is 12.3. The lowest BCUT2D eigenvalue weighted by Gasteiger charge is -2.69. The molecule has 13 atom stereocenters. The Kier molecular flexibility index (Phi) is 2.04. The summed E-state index contributed by atoms with van der Waals surface area (Å²) in [5.74, 6) is 0.716. The summed E-state index contributed by atoms with van der Waals surface area (Å²) in [4.78, 5) is 2.57. The number of hydrogen-bond acceptors (Lipinski definition) is 5. The molecule has 2 spiro atoms. The van der Waals surface area contributed by atoms with E-state index in [9.17, 15) is 20.4 Å². The van der Waals surface area contributed by atoms with Crippen molar-refractivity contribution >= 4 is 0 Å². The van der Waals surface area contributed by atoms with Gasteiger partial charge in [0.2, 0.25) is 0 Å². The van der Waals surface area contributed by atoms with Gasteiger partial charge in [0.05, 0.1) is 23.9 Å². The third kappa shape index (κ3) is 0.981. The zero-order chi connectivity index (χ0) is 17.3. The lowest BCUT2D eigenvalue weighted by atomic mass is 9.37. The fourth-order valence-corrected chi connectivity index (χ4v) is 10.4. The van der Waals surface area contributed by atoms with Crippen LogP contribution < -0.4 is 0 Å². The van der Waals surface area contributed by atoms with Crippen LogP contribution >= 0.6 is 0 Å². The molecule has 0 aromatic heterocycles. The first kappa shape index (κ1) is 14.6. The van der Waals surface area contributed by atoms with Crippen LogP contribution in [0.15, 0.2) is 12.2 Å². The van der Waals surface area contributed by atoms with Crippen LogP contribution in [-0.4, -0.2) is 67.9 Å². The molecule has 136 valence electrons. The first-order valence-corrected chi connectivity index (χ1v) is 9.95. The predicted molar refractivity (Wildman–Crippen MR) is 88.3 cm³/mol. The summed E-state index contributed by atoms with van der Waals surface area (Å²) in [6.07, 6.45) is 0.904. The second kappa shape index (κ2) is 3.49. The van der Waals surface area contributed by atoms with Crippen LogP contribution in [0.2, 0.25) is 0 Å². The van der Waals surface area contributed by atoms with E-state index in [0.29, 0.717) is 24.8 Å². The van der Waals surface area contributed by atoms with Crippen LogP contribution in [0.25, 0.3) is 0 Å². The standard InChI is InChI=1S/C20H27NO4/c1-8-9-3-10-14-19-6-12(22)16(24)17(2)7-21(14)11(13(17)19)5-18(10,15(8)23)20(19,25)4-9/h9-16,22-25H,1,3-7H2,2H3. The fourth-order valence-electron chi connectivity index (χ4n) is 10.4. The average molecular weight is 345 g/mol. The van der Waals surface area contributed by atoms with Gasteiger partial charge in [-0.05, 0) is 49.0 Å². The summed E-state index contributed by atoms with van der Waals surface area (Å²) in [6, 6.07) is 0.579. The highest BCUT2D eigenvalue weighted by molar-refractivity contribution is 5.47. The highest BCUT2D eigenvalue weighted by atomic mass is 16.3. The fraction of sp³-hybridized carbons (Fsp3) is 0.900. The Balaban J connectivity index is 1.55. The number of rotatable bonds is 0. The first-order valence-electron chi connectivity index (χ1n) is 9.95. The zero-order valence-electron chi connectivity index (χ0n) is 14.6. The molecule has 9 aliphatic rings. The molecule has 4 N–H and O–H groups in total. The molecule has 3 aliphatic heterocycles. The van der Waals surface area contributed by atoms with Gasteiger partial charge in [0.15, 0.2) is 0 Å². The molecule has 9 bridgehead atoms. The molecule has 5 heteroatoms. The highest BCUT2D eigenvalue weighted by Gasteiger charge is 2.94. The van der Waals surface area contributed by atoms with Crippen molar-refractivity contribution in [1.82, 2.24) is 4.90 Å². The van der Waals surface area contributed by atoms with E-state index in [1.165, 1.54) is 0 Å². The molecule has 6 aliphatic carbocycles. The Morgan fingerprint density at radius 2 is 1.88 bits per heavy atom. The maximum atomic E-state index is 12.3. The monoisotopic (exact) mass is 345 g/mol. The van der Waals surface area contributed by atoms with Crippen molar-refractivity contribution in [3.8, 4) is 0 Å². The smallest absolute Gasteiger partial charge is 0.0868 e. The van der Waals surface area contributed by atoms with Gasteiger partial charge in [-0.1, -0.05) is 13.5 Å².